The van der Waals surface area contributed by atoms with Crippen molar-refractivity contribution in [2.24, 2.45) is 5.73 Å². The first kappa shape index (κ1) is 25.7. The van der Waals surface area contributed by atoms with Crippen LogP contribution in [0.25, 0.3) is 16.8 Å². The molecule has 3 heterocycles. The molecule has 0 aliphatic heterocycles. The van der Waals surface area contributed by atoms with E-state index in [0.29, 0.717) is 39.7 Å². The minimum Gasteiger partial charge on any atom is -0.378 e. The summed E-state index contributed by atoms with van der Waals surface area (Å²) in [4.78, 5) is 16.8. The number of rotatable bonds is 7. The lowest BCUT2D eigenvalue weighted by atomic mass is 9.87. The van der Waals surface area contributed by atoms with Gasteiger partial charge in [-0.05, 0) is 68.2 Å². The Bertz CT molecular complexity index is 1510. The Balaban J connectivity index is 1.93. The number of amides is 1. The molecule has 4 aromatic rings. The molecule has 0 spiro atoms. The summed E-state index contributed by atoms with van der Waals surface area (Å²) in [5, 5.41) is 21.5. The minimum absolute atomic E-state index is 0.0948. The fraction of sp³-hybridized carbons (Fsp3) is 0.259. The van der Waals surface area contributed by atoms with Gasteiger partial charge in [-0.3, -0.25) is 9.20 Å². The maximum absolute atomic E-state index is 14.0. The van der Waals surface area contributed by atoms with Gasteiger partial charge >= 0.3 is 0 Å². The van der Waals surface area contributed by atoms with Crippen molar-refractivity contribution in [2.75, 3.05) is 12.4 Å². The van der Waals surface area contributed by atoms with Crippen LogP contribution < -0.4 is 11.1 Å². The second-order valence-electron chi connectivity index (χ2n) is 9.18. The van der Waals surface area contributed by atoms with E-state index in [4.69, 9.17) is 10.7 Å². The number of carbonyl (C=O) groups excluding carboxylic acids is 1. The van der Waals surface area contributed by atoms with Gasteiger partial charge < -0.3 is 16.2 Å². The third-order valence-electron chi connectivity index (χ3n) is 5.61. The lowest BCUT2D eigenvalue weighted by Crippen LogP contribution is -2.19. The van der Waals surface area contributed by atoms with Gasteiger partial charge in [-0.15, -0.1) is 10.2 Å². The van der Waals surface area contributed by atoms with Gasteiger partial charge in [0, 0.05) is 42.8 Å². The van der Waals surface area contributed by atoms with Crippen molar-refractivity contribution in [3.05, 3.63) is 77.2 Å². The van der Waals surface area contributed by atoms with Crippen LogP contribution in [0.4, 0.5) is 14.7 Å². The monoisotopic (exact) mass is 504 g/mol. The molecule has 3 aromatic heterocycles. The van der Waals surface area contributed by atoms with Gasteiger partial charge in [-0.2, -0.15) is 0 Å². The van der Waals surface area contributed by atoms with Crippen molar-refractivity contribution in [3.63, 3.8) is 0 Å². The van der Waals surface area contributed by atoms with E-state index in [2.05, 4.69) is 27.4 Å². The van der Waals surface area contributed by atoms with Crippen molar-refractivity contribution in [2.45, 2.75) is 38.2 Å². The molecule has 0 aliphatic rings. The van der Waals surface area contributed by atoms with E-state index < -0.39 is 29.1 Å². The largest absolute Gasteiger partial charge is 0.378 e. The predicted octanol–water partition coefficient (Wildman–Crippen LogP) is 3.44. The number of carbonyl (C=O) groups is 1. The first-order chi connectivity index (χ1) is 17.5. The van der Waals surface area contributed by atoms with Gasteiger partial charge in [0.1, 0.15) is 22.9 Å². The number of pyridine rings is 2. The third kappa shape index (κ3) is 6.08. The second-order valence-corrected chi connectivity index (χ2v) is 9.18. The molecule has 0 bridgehead atoms. The Labute approximate surface area is 212 Å². The average molecular weight is 505 g/mol. The molecule has 190 valence electrons. The Morgan fingerprint density at radius 3 is 2.54 bits per heavy atom. The van der Waals surface area contributed by atoms with Gasteiger partial charge in [-0.1, -0.05) is 5.92 Å². The number of nitrogens with zero attached hydrogens (tertiary/aromatic N) is 4. The number of nitrogens with one attached hydrogen (secondary N) is 1. The number of benzene rings is 1. The number of hydrogen-bond acceptors (Lipinski definition) is 6. The molecule has 0 unspecified atom stereocenters. The number of aromatic nitrogens is 4. The quantitative estimate of drug-likeness (QED) is 0.332. The van der Waals surface area contributed by atoms with Crippen LogP contribution in [-0.4, -0.2) is 43.2 Å². The normalized spacial score (nSPS) is 12.2. The van der Waals surface area contributed by atoms with Gasteiger partial charge in [-0.25, -0.2) is 13.8 Å². The van der Waals surface area contributed by atoms with E-state index >= 15 is 0 Å². The average Bonchev–Trinajstić information content (AvgIpc) is 3.24. The van der Waals surface area contributed by atoms with E-state index in [-0.39, 0.29) is 12.8 Å². The summed E-state index contributed by atoms with van der Waals surface area (Å²) >= 11 is 0. The highest BCUT2D eigenvalue weighted by Crippen LogP contribution is 2.34. The van der Waals surface area contributed by atoms with Crippen LogP contribution in [0, 0.1) is 23.5 Å². The molecular formula is C27H26F2N6O2. The molecule has 8 nitrogen and oxygen atoms in total. The number of anilines is 1. The zero-order valence-corrected chi connectivity index (χ0v) is 20.6. The molecule has 10 heteroatoms. The van der Waals surface area contributed by atoms with Gasteiger partial charge in [0.05, 0.1) is 5.69 Å². The Kier molecular flexibility index (Phi) is 7.18. The maximum atomic E-state index is 14.0. The highest BCUT2D eigenvalue weighted by molar-refractivity contribution is 5.81. The Morgan fingerprint density at radius 2 is 1.89 bits per heavy atom. The number of halogens is 2. The fourth-order valence-corrected chi connectivity index (χ4v) is 4.12. The van der Waals surface area contributed by atoms with Crippen molar-refractivity contribution in [1.82, 2.24) is 19.6 Å². The second kappa shape index (κ2) is 10.3. The summed E-state index contributed by atoms with van der Waals surface area (Å²) in [6.45, 7) is 3.10. The molecule has 0 saturated heterocycles. The van der Waals surface area contributed by atoms with Crippen LogP contribution >= 0.6 is 0 Å². The van der Waals surface area contributed by atoms with Crippen LogP contribution in [-0.2, 0) is 11.2 Å². The molecule has 4 rings (SSSR count). The molecule has 0 fully saturated rings. The molecule has 0 aliphatic carbocycles. The Hall–Kier alpha value is -4.36. The van der Waals surface area contributed by atoms with Crippen LogP contribution in [0.5, 0.6) is 0 Å². The minimum atomic E-state index is -1.25. The van der Waals surface area contributed by atoms with Crippen molar-refractivity contribution >= 4 is 17.5 Å². The van der Waals surface area contributed by atoms with Crippen molar-refractivity contribution < 1.29 is 18.7 Å². The number of nitrogens with two attached hydrogens (primary N) is 1. The van der Waals surface area contributed by atoms with E-state index in [9.17, 15) is 18.7 Å². The summed E-state index contributed by atoms with van der Waals surface area (Å²) in [5.41, 5.74) is 7.35. The van der Waals surface area contributed by atoms with Crippen LogP contribution in [0.2, 0.25) is 0 Å². The zero-order chi connectivity index (χ0) is 26.7. The van der Waals surface area contributed by atoms with Gasteiger partial charge in [0.15, 0.2) is 5.65 Å². The molecule has 37 heavy (non-hydrogen) atoms. The lowest BCUT2D eigenvalue weighted by Gasteiger charge is -2.20. The molecule has 1 amide bonds. The van der Waals surface area contributed by atoms with Crippen LogP contribution in [0.1, 0.15) is 43.1 Å². The molecule has 4 N–H and O–H groups in total. The number of fused-ring (bicyclic) bond motifs is 1. The van der Waals surface area contributed by atoms with Crippen LogP contribution in [0.15, 0.2) is 48.7 Å². The number of hydrogen-bond donors (Lipinski definition) is 3. The van der Waals surface area contributed by atoms with Gasteiger partial charge in [0.2, 0.25) is 11.9 Å². The summed E-state index contributed by atoms with van der Waals surface area (Å²) in [7, 11) is 1.73. The van der Waals surface area contributed by atoms with Crippen LogP contribution in [0.3, 0.4) is 0 Å². The molecule has 1 aromatic carbocycles. The first-order valence-corrected chi connectivity index (χ1v) is 11.6. The van der Waals surface area contributed by atoms with E-state index in [1.807, 2.05) is 12.1 Å². The highest BCUT2D eigenvalue weighted by atomic mass is 19.1. The SMILES string of the molecule is CNc1nnc2c(-c3ccc(C#CC(C)(C)O)nc3[C@H](CC(N)=O)Cc3cc(F)cc(F)c3)cccn12. The van der Waals surface area contributed by atoms with E-state index in [1.54, 1.807) is 43.6 Å². The van der Waals surface area contributed by atoms with Crippen molar-refractivity contribution in [1.29, 1.82) is 0 Å². The van der Waals surface area contributed by atoms with Crippen molar-refractivity contribution in [3.8, 4) is 23.0 Å². The topological polar surface area (TPSA) is 118 Å². The predicted molar refractivity (Wildman–Crippen MR) is 136 cm³/mol. The van der Waals surface area contributed by atoms with Gasteiger partial charge in [0.25, 0.3) is 0 Å². The van der Waals surface area contributed by atoms with E-state index in [1.165, 1.54) is 12.1 Å². The smallest absolute Gasteiger partial charge is 0.228 e. The summed E-state index contributed by atoms with van der Waals surface area (Å²) in [5.74, 6) is 3.43. The summed E-state index contributed by atoms with van der Waals surface area (Å²) in [6.07, 6.45) is 1.77. The maximum Gasteiger partial charge on any atom is 0.228 e. The van der Waals surface area contributed by atoms with E-state index in [0.717, 1.165) is 6.07 Å². The zero-order valence-electron chi connectivity index (χ0n) is 20.6. The lowest BCUT2D eigenvalue weighted by molar-refractivity contribution is -0.118. The molecule has 1 atom stereocenters. The standard InChI is InChI=1S/C27H26F2N6O2/c1-27(2,37)9-8-20-6-7-21(22-5-4-10-35-25(22)33-34-26(35)31-3)24(32-20)17(14-23(30)36)11-16-12-18(28)15-19(29)13-16/h4-7,10,12-13,15,17,37H,11,14H2,1-3H3,(H2,30,36)(H,31,34)/t17-/m0/s1. The molecular weight excluding hydrogens is 478 g/mol. The molecule has 0 saturated carbocycles. The number of aliphatic hydroxyl groups is 1. The Morgan fingerprint density at radius 1 is 1.16 bits per heavy atom. The number of primary amides is 1. The summed E-state index contributed by atoms with van der Waals surface area (Å²) in [6, 6.07) is 10.4. The highest BCUT2D eigenvalue weighted by Gasteiger charge is 2.24. The summed E-state index contributed by atoms with van der Waals surface area (Å²) < 4.78 is 29.7. The third-order valence-corrected chi connectivity index (χ3v) is 5.61. The fourth-order valence-electron chi connectivity index (χ4n) is 4.12. The molecule has 0 radical (unpaired) electrons. The first-order valence-electron chi connectivity index (χ1n) is 11.6.